The second-order valence-electron chi connectivity index (χ2n) is 6.07. The van der Waals surface area contributed by atoms with Gasteiger partial charge in [-0.05, 0) is 68.9 Å². The van der Waals surface area contributed by atoms with Crippen LogP contribution in [0.2, 0.25) is 5.02 Å². The van der Waals surface area contributed by atoms with E-state index in [2.05, 4.69) is 21.2 Å². The van der Waals surface area contributed by atoms with Gasteiger partial charge in [0.1, 0.15) is 5.75 Å². The summed E-state index contributed by atoms with van der Waals surface area (Å²) in [5.41, 5.74) is 0.496. The summed E-state index contributed by atoms with van der Waals surface area (Å²) >= 11 is 9.44. The fourth-order valence-electron chi connectivity index (χ4n) is 2.76. The zero-order valence-corrected chi connectivity index (χ0v) is 17.9. The van der Waals surface area contributed by atoms with Crippen molar-refractivity contribution in [1.29, 1.82) is 0 Å². The fraction of sp³-hybridized carbons (Fsp3) is 0.263. The van der Waals surface area contributed by atoms with Crippen molar-refractivity contribution >= 4 is 48.5 Å². The lowest BCUT2D eigenvalue weighted by Crippen LogP contribution is -2.11. The van der Waals surface area contributed by atoms with Gasteiger partial charge < -0.3 is 10.1 Å². The van der Waals surface area contributed by atoms with Gasteiger partial charge in [0.2, 0.25) is 0 Å². The minimum absolute atomic E-state index is 0.197. The number of ether oxygens (including phenoxy) is 1. The third-order valence-corrected chi connectivity index (χ3v) is 6.60. The lowest BCUT2D eigenvalue weighted by atomic mass is 10.2. The van der Waals surface area contributed by atoms with E-state index in [0.717, 1.165) is 23.9 Å². The highest BCUT2D eigenvalue weighted by molar-refractivity contribution is 9.10. The highest BCUT2D eigenvalue weighted by Gasteiger charge is 2.22. The van der Waals surface area contributed by atoms with Crippen LogP contribution in [-0.4, -0.2) is 32.6 Å². The maximum atomic E-state index is 13.1. The Bertz CT molecular complexity index is 1030. The van der Waals surface area contributed by atoms with E-state index >= 15 is 0 Å². The Balaban J connectivity index is 1.99. The Morgan fingerprint density at radius 2 is 1.89 bits per heavy atom. The SMILES string of the molecule is CNCCCCOc1cn(S(=O)(=O)c2ccc(Br)cc2)c2cc(Cl)ccc12. The predicted octanol–water partition coefficient (Wildman–Crippen LogP) is 4.67. The van der Waals surface area contributed by atoms with Crippen LogP contribution in [0.1, 0.15) is 12.8 Å². The summed E-state index contributed by atoms with van der Waals surface area (Å²) < 4.78 is 34.2. The standard InChI is InChI=1S/C19H20BrClN2O3S/c1-22-10-2-3-11-26-19-13-23(18-12-15(21)6-9-17(18)19)27(24,25)16-7-4-14(20)5-8-16/h4-9,12-13,22H,2-3,10-11H2,1H3. The van der Waals surface area contributed by atoms with Crippen LogP contribution < -0.4 is 10.1 Å². The number of hydrogen-bond donors (Lipinski definition) is 1. The van der Waals surface area contributed by atoms with E-state index in [4.69, 9.17) is 16.3 Å². The molecule has 0 saturated carbocycles. The maximum absolute atomic E-state index is 13.1. The molecule has 3 rings (SSSR count). The first kappa shape index (κ1) is 20.2. The van der Waals surface area contributed by atoms with Gasteiger partial charge in [0.15, 0.2) is 0 Å². The molecule has 2 aromatic carbocycles. The molecule has 0 saturated heterocycles. The molecule has 0 bridgehead atoms. The first-order valence-electron chi connectivity index (χ1n) is 8.52. The van der Waals surface area contributed by atoms with Gasteiger partial charge in [-0.3, -0.25) is 0 Å². The first-order valence-corrected chi connectivity index (χ1v) is 11.1. The number of nitrogens with zero attached hydrogens (tertiary/aromatic N) is 1. The number of fused-ring (bicyclic) bond motifs is 1. The van der Waals surface area contributed by atoms with Crippen LogP contribution in [0.4, 0.5) is 0 Å². The summed E-state index contributed by atoms with van der Waals surface area (Å²) in [6.45, 7) is 1.43. The molecule has 144 valence electrons. The van der Waals surface area contributed by atoms with Crippen molar-refractivity contribution in [2.75, 3.05) is 20.2 Å². The Morgan fingerprint density at radius 1 is 1.15 bits per heavy atom. The van der Waals surface area contributed by atoms with Crippen molar-refractivity contribution in [3.8, 4) is 5.75 Å². The molecule has 1 N–H and O–H groups in total. The van der Waals surface area contributed by atoms with E-state index in [-0.39, 0.29) is 4.90 Å². The third-order valence-electron chi connectivity index (χ3n) is 4.15. The van der Waals surface area contributed by atoms with Crippen molar-refractivity contribution in [1.82, 2.24) is 9.29 Å². The van der Waals surface area contributed by atoms with Crippen molar-refractivity contribution in [2.45, 2.75) is 17.7 Å². The Morgan fingerprint density at radius 3 is 2.59 bits per heavy atom. The molecule has 0 fully saturated rings. The number of aromatic nitrogens is 1. The number of benzene rings is 2. The van der Waals surface area contributed by atoms with E-state index in [1.807, 2.05) is 7.05 Å². The van der Waals surface area contributed by atoms with Gasteiger partial charge in [-0.25, -0.2) is 12.4 Å². The monoisotopic (exact) mass is 470 g/mol. The van der Waals surface area contributed by atoms with Crippen LogP contribution >= 0.6 is 27.5 Å². The van der Waals surface area contributed by atoms with Crippen LogP contribution in [0.3, 0.4) is 0 Å². The van der Waals surface area contributed by atoms with Crippen LogP contribution in [0.15, 0.2) is 58.0 Å². The first-order chi connectivity index (χ1) is 12.9. The number of rotatable bonds is 8. The minimum Gasteiger partial charge on any atom is -0.491 e. The topological polar surface area (TPSA) is 60.3 Å². The second kappa shape index (κ2) is 8.65. The smallest absolute Gasteiger partial charge is 0.268 e. The third kappa shape index (κ3) is 4.48. The van der Waals surface area contributed by atoms with Crippen LogP contribution in [0, 0.1) is 0 Å². The molecule has 8 heteroatoms. The Kier molecular flexibility index (Phi) is 6.47. The molecule has 0 radical (unpaired) electrons. The number of halogens is 2. The summed E-state index contributed by atoms with van der Waals surface area (Å²) in [4.78, 5) is 0.197. The average molecular weight is 472 g/mol. The molecule has 0 amide bonds. The molecular weight excluding hydrogens is 452 g/mol. The molecular formula is C19H20BrClN2O3S. The molecule has 27 heavy (non-hydrogen) atoms. The molecule has 0 atom stereocenters. The zero-order valence-electron chi connectivity index (χ0n) is 14.8. The lowest BCUT2D eigenvalue weighted by Gasteiger charge is -2.07. The highest BCUT2D eigenvalue weighted by atomic mass is 79.9. The van der Waals surface area contributed by atoms with E-state index in [1.54, 1.807) is 42.5 Å². The van der Waals surface area contributed by atoms with E-state index in [0.29, 0.717) is 28.3 Å². The molecule has 1 heterocycles. The van der Waals surface area contributed by atoms with Gasteiger partial charge in [0.25, 0.3) is 10.0 Å². The largest absolute Gasteiger partial charge is 0.491 e. The van der Waals surface area contributed by atoms with Crippen LogP contribution in [0.25, 0.3) is 10.9 Å². The Hall–Kier alpha value is -1.54. The van der Waals surface area contributed by atoms with Crippen molar-refractivity contribution in [2.24, 2.45) is 0 Å². The van der Waals surface area contributed by atoms with Gasteiger partial charge in [0.05, 0.1) is 23.2 Å². The van der Waals surface area contributed by atoms with Crippen LogP contribution in [-0.2, 0) is 10.0 Å². The molecule has 0 aliphatic carbocycles. The summed E-state index contributed by atoms with van der Waals surface area (Å²) in [5.74, 6) is 0.534. The van der Waals surface area contributed by atoms with Gasteiger partial charge in [-0.15, -0.1) is 0 Å². The average Bonchev–Trinajstić information content (AvgIpc) is 3.00. The summed E-state index contributed by atoms with van der Waals surface area (Å²) in [6, 6.07) is 11.7. The number of unbranched alkanes of at least 4 members (excludes halogenated alkanes) is 1. The zero-order chi connectivity index (χ0) is 19.4. The van der Waals surface area contributed by atoms with Crippen LogP contribution in [0.5, 0.6) is 5.75 Å². The summed E-state index contributed by atoms with van der Waals surface area (Å²) in [5, 5.41) is 4.27. The van der Waals surface area contributed by atoms with E-state index in [1.165, 1.54) is 10.2 Å². The number of hydrogen-bond acceptors (Lipinski definition) is 4. The van der Waals surface area contributed by atoms with Gasteiger partial charge in [-0.2, -0.15) is 0 Å². The number of nitrogens with one attached hydrogen (secondary N) is 1. The lowest BCUT2D eigenvalue weighted by molar-refractivity contribution is 0.309. The molecule has 1 aromatic heterocycles. The normalized spacial score (nSPS) is 11.8. The van der Waals surface area contributed by atoms with Gasteiger partial charge in [-0.1, -0.05) is 27.5 Å². The molecule has 3 aromatic rings. The van der Waals surface area contributed by atoms with Crippen molar-refractivity contribution in [3.63, 3.8) is 0 Å². The second-order valence-corrected chi connectivity index (χ2v) is 9.24. The molecule has 0 unspecified atom stereocenters. The molecule has 0 aliphatic rings. The highest BCUT2D eigenvalue weighted by Crippen LogP contribution is 2.33. The maximum Gasteiger partial charge on any atom is 0.268 e. The summed E-state index contributed by atoms with van der Waals surface area (Å²) in [7, 11) is -1.86. The van der Waals surface area contributed by atoms with Gasteiger partial charge in [0, 0.05) is 14.9 Å². The van der Waals surface area contributed by atoms with E-state index < -0.39 is 10.0 Å². The molecule has 0 spiro atoms. The quantitative estimate of drug-likeness (QED) is 0.485. The van der Waals surface area contributed by atoms with Crippen molar-refractivity contribution < 1.29 is 13.2 Å². The molecule has 5 nitrogen and oxygen atoms in total. The van der Waals surface area contributed by atoms with Gasteiger partial charge >= 0.3 is 0 Å². The fourth-order valence-corrected chi connectivity index (χ4v) is 4.54. The van der Waals surface area contributed by atoms with Crippen molar-refractivity contribution in [3.05, 3.63) is 58.2 Å². The minimum atomic E-state index is -3.77. The summed E-state index contributed by atoms with van der Waals surface area (Å²) in [6.07, 6.45) is 3.38. The Labute approximate surface area is 172 Å². The predicted molar refractivity (Wildman–Crippen MR) is 112 cm³/mol. The molecule has 0 aliphatic heterocycles. The van der Waals surface area contributed by atoms with E-state index in [9.17, 15) is 8.42 Å².